The van der Waals surface area contributed by atoms with Crippen LogP contribution in [0, 0.1) is 6.92 Å². The third-order valence-corrected chi connectivity index (χ3v) is 7.65. The maximum atomic E-state index is 6.07. The Labute approximate surface area is 201 Å². The molecule has 0 bridgehead atoms. The summed E-state index contributed by atoms with van der Waals surface area (Å²) < 4.78 is 11.3. The number of aryl methyl sites for hydroxylation is 1. The van der Waals surface area contributed by atoms with Crippen LogP contribution in [-0.4, -0.2) is 27.2 Å². The molecule has 0 fully saturated rings. The van der Waals surface area contributed by atoms with Crippen molar-refractivity contribution in [1.82, 2.24) is 0 Å². The van der Waals surface area contributed by atoms with Gasteiger partial charge in [0, 0.05) is 31.1 Å². The number of nitrogens with zero attached hydrogens (tertiary/aromatic N) is 1. The molecule has 0 saturated carbocycles. The highest BCUT2D eigenvalue weighted by Crippen LogP contribution is 2.48. The van der Waals surface area contributed by atoms with Crippen molar-refractivity contribution in [2.75, 3.05) is 21.0 Å². The van der Waals surface area contributed by atoms with E-state index in [2.05, 4.69) is 92.5 Å². The lowest BCUT2D eigenvalue weighted by Gasteiger charge is -2.33. The van der Waals surface area contributed by atoms with E-state index in [1.165, 1.54) is 33.1 Å². The quantitative estimate of drug-likeness (QED) is 0.182. The van der Waals surface area contributed by atoms with Gasteiger partial charge in [-0.05, 0) is 53.9 Å². The molecule has 174 valence electrons. The summed E-state index contributed by atoms with van der Waals surface area (Å²) in [6.07, 6.45) is 5.05. The molecule has 0 aliphatic heterocycles. The van der Waals surface area contributed by atoms with Crippen LogP contribution in [0.4, 0.5) is 0 Å². The van der Waals surface area contributed by atoms with Crippen molar-refractivity contribution >= 4 is 20.1 Å². The molecule has 0 aliphatic carbocycles. The van der Waals surface area contributed by atoms with Crippen LogP contribution in [0.25, 0.3) is 0 Å². The Balaban J connectivity index is 2.06. The van der Waals surface area contributed by atoms with E-state index in [4.69, 9.17) is 9.47 Å². The Hall–Kier alpha value is -2.48. The van der Waals surface area contributed by atoms with E-state index in [1.807, 2.05) is 13.3 Å². The van der Waals surface area contributed by atoms with E-state index in [9.17, 15) is 0 Å². The van der Waals surface area contributed by atoms with Gasteiger partial charge in [0.1, 0.15) is 5.75 Å². The minimum Gasteiger partial charge on any atom is -0.467 e. The molecule has 2 atom stereocenters. The first-order valence-corrected chi connectivity index (χ1v) is 12.6. The van der Waals surface area contributed by atoms with Gasteiger partial charge in [0.2, 0.25) is 0 Å². The molecule has 0 aromatic heterocycles. The number of rotatable bonds is 11. The maximum Gasteiger partial charge on any atom is 0.188 e. The summed E-state index contributed by atoms with van der Waals surface area (Å²) in [7, 11) is 4.09. The molecule has 3 aromatic rings. The molecule has 0 aliphatic rings. The summed E-state index contributed by atoms with van der Waals surface area (Å²) >= 11 is 0. The van der Waals surface area contributed by atoms with Gasteiger partial charge in [0.05, 0.1) is 0 Å². The zero-order valence-corrected chi connectivity index (χ0v) is 21.5. The first kappa shape index (κ1) is 25.1. The molecular formula is C29H36NO2P. The number of benzene rings is 3. The van der Waals surface area contributed by atoms with E-state index in [0.717, 1.165) is 25.0 Å². The van der Waals surface area contributed by atoms with Gasteiger partial charge in [-0.2, -0.15) is 0 Å². The normalized spacial score (nSPS) is 13.6. The number of methoxy groups -OCH3 is 1. The zero-order valence-electron chi connectivity index (χ0n) is 20.5. The van der Waals surface area contributed by atoms with Crippen molar-refractivity contribution < 1.29 is 9.47 Å². The topological polar surface area (TPSA) is 30.8 Å². The Kier molecular flexibility index (Phi) is 9.23. The maximum absolute atomic E-state index is 6.07. The van der Waals surface area contributed by atoms with Gasteiger partial charge < -0.3 is 9.47 Å². The second-order valence-corrected chi connectivity index (χ2v) is 10.6. The van der Waals surface area contributed by atoms with E-state index < -0.39 is 0 Å². The number of hydrogen-bond donors (Lipinski definition) is 0. The fourth-order valence-corrected chi connectivity index (χ4v) is 6.05. The number of ether oxygens (including phenoxy) is 2. The van der Waals surface area contributed by atoms with E-state index in [-0.39, 0.29) is 11.9 Å². The van der Waals surface area contributed by atoms with Gasteiger partial charge in [0.15, 0.2) is 6.79 Å². The Morgan fingerprint density at radius 2 is 1.79 bits per heavy atom. The highest BCUT2D eigenvalue weighted by Gasteiger charge is 2.31. The fourth-order valence-electron chi connectivity index (χ4n) is 4.30. The molecule has 2 unspecified atom stereocenters. The van der Waals surface area contributed by atoms with Gasteiger partial charge in [-0.3, -0.25) is 4.99 Å². The van der Waals surface area contributed by atoms with E-state index >= 15 is 0 Å². The van der Waals surface area contributed by atoms with Gasteiger partial charge in [-0.15, -0.1) is 0 Å². The largest absolute Gasteiger partial charge is 0.467 e. The van der Waals surface area contributed by atoms with Crippen molar-refractivity contribution in [2.24, 2.45) is 4.99 Å². The van der Waals surface area contributed by atoms with Crippen molar-refractivity contribution in [3.05, 3.63) is 94.5 Å². The van der Waals surface area contributed by atoms with Crippen LogP contribution in [0.1, 0.15) is 54.5 Å². The van der Waals surface area contributed by atoms with Crippen LogP contribution >= 0.6 is 8.58 Å². The molecule has 0 saturated heterocycles. The molecule has 3 rings (SSSR count). The van der Waals surface area contributed by atoms with Crippen molar-refractivity contribution in [1.29, 1.82) is 0 Å². The molecule has 0 heterocycles. The molecule has 0 N–H and O–H groups in total. The van der Waals surface area contributed by atoms with Crippen LogP contribution < -0.4 is 10.0 Å². The van der Waals surface area contributed by atoms with Gasteiger partial charge >= 0.3 is 0 Å². The van der Waals surface area contributed by atoms with Crippen LogP contribution in [-0.2, 0) is 16.3 Å². The average molecular weight is 462 g/mol. The third kappa shape index (κ3) is 6.76. The summed E-state index contributed by atoms with van der Waals surface area (Å²) in [5.74, 6) is 0.912. The molecule has 0 spiro atoms. The molecule has 0 radical (unpaired) electrons. The Bertz CT molecular complexity index is 1060. The SMILES string of the molecule is CCCC(C)(Pc1ccc(C)cc1C=NC)c1cc(Cc2ccccc2)ccc1OCOC. The average Bonchev–Trinajstić information content (AvgIpc) is 2.81. The van der Waals surface area contributed by atoms with E-state index in [1.54, 1.807) is 7.11 Å². The lowest BCUT2D eigenvalue weighted by atomic mass is 9.91. The van der Waals surface area contributed by atoms with Crippen molar-refractivity contribution in [3.8, 4) is 5.75 Å². The summed E-state index contributed by atoms with van der Waals surface area (Å²) in [4.78, 5) is 4.31. The zero-order chi connectivity index (χ0) is 23.7. The number of aliphatic imine (C=N–C) groups is 1. The molecule has 4 heteroatoms. The third-order valence-electron chi connectivity index (χ3n) is 5.86. The first-order chi connectivity index (χ1) is 16.0. The summed E-state index contributed by atoms with van der Waals surface area (Å²) in [5.41, 5.74) is 6.33. The minimum atomic E-state index is -0.0594. The molecule has 0 amide bonds. The monoisotopic (exact) mass is 461 g/mol. The lowest BCUT2D eigenvalue weighted by Crippen LogP contribution is -2.22. The van der Waals surface area contributed by atoms with Gasteiger partial charge in [-0.25, -0.2) is 0 Å². The van der Waals surface area contributed by atoms with Crippen LogP contribution in [0.3, 0.4) is 0 Å². The fraction of sp³-hybridized carbons (Fsp3) is 0.345. The van der Waals surface area contributed by atoms with Crippen molar-refractivity contribution in [3.63, 3.8) is 0 Å². The van der Waals surface area contributed by atoms with Crippen molar-refractivity contribution in [2.45, 2.75) is 45.2 Å². The Morgan fingerprint density at radius 3 is 2.48 bits per heavy atom. The highest BCUT2D eigenvalue weighted by atomic mass is 31.1. The summed E-state index contributed by atoms with van der Waals surface area (Å²) in [6.45, 7) is 7.02. The van der Waals surface area contributed by atoms with Crippen LogP contribution in [0.5, 0.6) is 5.75 Å². The van der Waals surface area contributed by atoms with Gasteiger partial charge in [0.25, 0.3) is 0 Å². The molecule has 3 aromatic carbocycles. The predicted molar refractivity (Wildman–Crippen MR) is 143 cm³/mol. The first-order valence-electron chi connectivity index (χ1n) is 11.6. The van der Waals surface area contributed by atoms with E-state index in [0.29, 0.717) is 8.58 Å². The number of hydrogen-bond acceptors (Lipinski definition) is 3. The molecule has 3 nitrogen and oxygen atoms in total. The second-order valence-electron chi connectivity index (χ2n) is 8.73. The van der Waals surface area contributed by atoms with Crippen LogP contribution in [0.2, 0.25) is 0 Å². The highest BCUT2D eigenvalue weighted by molar-refractivity contribution is 7.48. The summed E-state index contributed by atoms with van der Waals surface area (Å²) in [5, 5.41) is 1.28. The minimum absolute atomic E-state index is 0.0594. The standard InChI is InChI=1S/C29H36NO2P/c1-6-16-29(3,33-28-15-12-22(2)17-25(28)20-30-4)26-19-24(13-14-27(26)32-21-31-5)18-23-10-8-7-9-11-23/h7-15,17,19-20,33H,6,16,18,21H2,1-5H3. The predicted octanol–water partition coefficient (Wildman–Crippen LogP) is 6.64. The summed E-state index contributed by atoms with van der Waals surface area (Å²) in [6, 6.07) is 24.0. The molecular weight excluding hydrogens is 425 g/mol. The second kappa shape index (κ2) is 12.1. The smallest absolute Gasteiger partial charge is 0.188 e. The van der Waals surface area contributed by atoms with Crippen LogP contribution in [0.15, 0.2) is 71.7 Å². The Morgan fingerprint density at radius 1 is 1.00 bits per heavy atom. The molecule has 33 heavy (non-hydrogen) atoms. The lowest BCUT2D eigenvalue weighted by molar-refractivity contribution is 0.0500. The van der Waals surface area contributed by atoms with Gasteiger partial charge in [-0.1, -0.05) is 89.0 Å².